The Morgan fingerprint density at radius 2 is 2.00 bits per heavy atom. The number of benzene rings is 1. The van der Waals surface area contributed by atoms with Gasteiger partial charge in [-0.25, -0.2) is 0 Å². The summed E-state index contributed by atoms with van der Waals surface area (Å²) < 4.78 is 0. The molecule has 2 rings (SSSR count). The molecule has 0 atom stereocenters. The van der Waals surface area contributed by atoms with E-state index >= 15 is 0 Å². The summed E-state index contributed by atoms with van der Waals surface area (Å²) in [5, 5.41) is 8.58. The molecular formula is C15H21N5O. The number of nitrogens with zero attached hydrogens (tertiary/aromatic N) is 2. The number of carbonyl (C=O) groups excluding carboxylic acids is 1. The van der Waals surface area contributed by atoms with Gasteiger partial charge >= 0.3 is 0 Å². The highest BCUT2D eigenvalue weighted by Crippen LogP contribution is 2.16. The summed E-state index contributed by atoms with van der Waals surface area (Å²) in [4.78, 5) is 18.9. The maximum atomic E-state index is 12.5. The summed E-state index contributed by atoms with van der Waals surface area (Å²) in [7, 11) is 3.94. The average molecular weight is 287 g/mol. The highest BCUT2D eigenvalue weighted by molar-refractivity contribution is 6.05. The average Bonchev–Trinajstić information content (AvgIpc) is 2.86. The Labute approximate surface area is 124 Å². The number of nitrogens with one attached hydrogen (secondary N) is 2. The van der Waals surface area contributed by atoms with Crippen LogP contribution in [-0.2, 0) is 0 Å². The number of fused-ring (bicyclic) bond motifs is 1. The van der Waals surface area contributed by atoms with Crippen LogP contribution in [0.5, 0.6) is 0 Å². The molecule has 1 heterocycles. The van der Waals surface area contributed by atoms with E-state index in [1.807, 2.05) is 43.3 Å². The van der Waals surface area contributed by atoms with Crippen molar-refractivity contribution in [1.82, 2.24) is 14.8 Å². The Balaban J connectivity index is 2.15. The summed E-state index contributed by atoms with van der Waals surface area (Å²) in [5.41, 5.74) is 6.90. The zero-order valence-corrected chi connectivity index (χ0v) is 12.4. The van der Waals surface area contributed by atoms with Crippen molar-refractivity contribution in [3.63, 3.8) is 0 Å². The van der Waals surface area contributed by atoms with E-state index in [2.05, 4.69) is 4.98 Å². The minimum Gasteiger partial charge on any atom is -0.370 e. The molecule has 0 bridgehead atoms. The number of para-hydroxylation sites is 1. The summed E-state index contributed by atoms with van der Waals surface area (Å²) >= 11 is 0. The van der Waals surface area contributed by atoms with Gasteiger partial charge in [-0.15, -0.1) is 0 Å². The smallest absolute Gasteiger partial charge is 0.276 e. The van der Waals surface area contributed by atoms with E-state index in [1.165, 1.54) is 4.90 Å². The van der Waals surface area contributed by atoms with E-state index in [9.17, 15) is 4.79 Å². The zero-order chi connectivity index (χ0) is 15.4. The molecule has 4 N–H and O–H groups in total. The van der Waals surface area contributed by atoms with Crippen LogP contribution < -0.4 is 5.73 Å². The Bertz CT molecular complexity index is 613. The van der Waals surface area contributed by atoms with Crippen molar-refractivity contribution in [1.29, 1.82) is 5.41 Å². The maximum absolute atomic E-state index is 12.5. The number of rotatable bonds is 5. The normalized spacial score (nSPS) is 11.0. The van der Waals surface area contributed by atoms with E-state index in [0.29, 0.717) is 12.2 Å². The zero-order valence-electron chi connectivity index (χ0n) is 12.4. The molecule has 0 radical (unpaired) electrons. The lowest BCUT2D eigenvalue weighted by Crippen LogP contribution is -2.42. The molecular weight excluding hydrogens is 266 g/mol. The second-order valence-corrected chi connectivity index (χ2v) is 5.27. The van der Waals surface area contributed by atoms with E-state index in [4.69, 9.17) is 11.1 Å². The van der Waals surface area contributed by atoms with E-state index in [0.717, 1.165) is 23.9 Å². The van der Waals surface area contributed by atoms with Crippen LogP contribution in [0, 0.1) is 5.41 Å². The molecule has 1 aromatic carbocycles. The molecule has 2 aromatic rings. The third-order valence-corrected chi connectivity index (χ3v) is 3.28. The molecule has 6 nitrogen and oxygen atoms in total. The van der Waals surface area contributed by atoms with Gasteiger partial charge in [-0.05, 0) is 39.2 Å². The van der Waals surface area contributed by atoms with Gasteiger partial charge in [-0.1, -0.05) is 18.2 Å². The van der Waals surface area contributed by atoms with Gasteiger partial charge < -0.3 is 15.6 Å². The van der Waals surface area contributed by atoms with Gasteiger partial charge in [0, 0.05) is 17.4 Å². The number of hydrogen-bond acceptors (Lipinski definition) is 3. The van der Waals surface area contributed by atoms with Gasteiger partial charge in [0.25, 0.3) is 5.91 Å². The van der Waals surface area contributed by atoms with Crippen LogP contribution in [0.1, 0.15) is 16.9 Å². The highest BCUT2D eigenvalue weighted by atomic mass is 16.2. The standard InChI is InChI=1S/C15H21N5O/c1-19(2)8-5-9-20(15(16)17)14(21)13-10-11-6-3-4-7-12(11)18-13/h3-4,6-7,10,18H,5,8-9H2,1-2H3,(H3,16,17). The highest BCUT2D eigenvalue weighted by Gasteiger charge is 2.19. The van der Waals surface area contributed by atoms with Gasteiger partial charge in [0.05, 0.1) is 0 Å². The van der Waals surface area contributed by atoms with Crippen LogP contribution in [0.25, 0.3) is 10.9 Å². The number of carbonyl (C=O) groups is 1. The molecule has 1 aromatic heterocycles. The quantitative estimate of drug-likeness (QED) is 0.574. The van der Waals surface area contributed by atoms with E-state index < -0.39 is 0 Å². The minimum atomic E-state index is -0.266. The van der Waals surface area contributed by atoms with Crippen LogP contribution in [0.2, 0.25) is 0 Å². The fourth-order valence-corrected chi connectivity index (χ4v) is 2.21. The van der Waals surface area contributed by atoms with E-state index in [-0.39, 0.29) is 11.9 Å². The largest absolute Gasteiger partial charge is 0.370 e. The lowest BCUT2D eigenvalue weighted by molar-refractivity contribution is 0.0837. The molecule has 0 saturated carbocycles. The SMILES string of the molecule is CN(C)CCCN(C(=N)N)C(=O)c1cc2ccccc2[nH]1. The molecule has 0 saturated heterocycles. The van der Waals surface area contributed by atoms with Crippen LogP contribution in [0.3, 0.4) is 0 Å². The van der Waals surface area contributed by atoms with Crippen LogP contribution in [0.15, 0.2) is 30.3 Å². The first-order chi connectivity index (χ1) is 9.99. The van der Waals surface area contributed by atoms with Gasteiger partial charge in [0.15, 0.2) is 5.96 Å². The lowest BCUT2D eigenvalue weighted by atomic mass is 10.2. The number of nitrogens with two attached hydrogens (primary N) is 1. The van der Waals surface area contributed by atoms with Gasteiger partial charge in [0.1, 0.15) is 5.69 Å². The van der Waals surface area contributed by atoms with Crippen molar-refractivity contribution >= 4 is 22.8 Å². The molecule has 112 valence electrons. The first-order valence-electron chi connectivity index (χ1n) is 6.87. The first kappa shape index (κ1) is 15.1. The number of guanidine groups is 1. The minimum absolute atomic E-state index is 0.225. The monoisotopic (exact) mass is 287 g/mol. The first-order valence-corrected chi connectivity index (χ1v) is 6.87. The molecule has 0 spiro atoms. The topological polar surface area (TPSA) is 89.2 Å². The number of amides is 1. The van der Waals surface area contributed by atoms with Crippen LogP contribution in [0.4, 0.5) is 0 Å². The maximum Gasteiger partial charge on any atom is 0.276 e. The fourth-order valence-electron chi connectivity index (χ4n) is 2.21. The predicted octanol–water partition coefficient (Wildman–Crippen LogP) is 1.46. The Hall–Kier alpha value is -2.34. The van der Waals surface area contributed by atoms with Crippen molar-refractivity contribution in [3.8, 4) is 0 Å². The Morgan fingerprint density at radius 1 is 1.29 bits per heavy atom. The second-order valence-electron chi connectivity index (χ2n) is 5.27. The molecule has 1 amide bonds. The third-order valence-electron chi connectivity index (χ3n) is 3.28. The van der Waals surface area contributed by atoms with Gasteiger partial charge in [-0.2, -0.15) is 0 Å². The molecule has 0 aliphatic rings. The van der Waals surface area contributed by atoms with Crippen molar-refractivity contribution in [3.05, 3.63) is 36.0 Å². The van der Waals surface area contributed by atoms with Gasteiger partial charge in [-0.3, -0.25) is 15.1 Å². The number of aromatic amines is 1. The van der Waals surface area contributed by atoms with Crippen molar-refractivity contribution in [2.24, 2.45) is 5.73 Å². The van der Waals surface area contributed by atoms with E-state index in [1.54, 1.807) is 6.07 Å². The van der Waals surface area contributed by atoms with Crippen molar-refractivity contribution < 1.29 is 4.79 Å². The predicted molar refractivity (Wildman–Crippen MR) is 84.4 cm³/mol. The second kappa shape index (κ2) is 6.41. The molecule has 0 unspecified atom stereocenters. The van der Waals surface area contributed by atoms with Gasteiger partial charge in [0.2, 0.25) is 0 Å². The van der Waals surface area contributed by atoms with Crippen LogP contribution in [-0.4, -0.2) is 53.8 Å². The fraction of sp³-hybridized carbons (Fsp3) is 0.333. The molecule has 21 heavy (non-hydrogen) atoms. The van der Waals surface area contributed by atoms with Crippen molar-refractivity contribution in [2.75, 3.05) is 27.2 Å². The number of aromatic nitrogens is 1. The molecule has 6 heteroatoms. The molecule has 0 fully saturated rings. The number of hydrogen-bond donors (Lipinski definition) is 3. The number of H-pyrrole nitrogens is 1. The summed E-state index contributed by atoms with van der Waals surface area (Å²) in [5.74, 6) is -0.491. The third kappa shape index (κ3) is 3.61. The summed E-state index contributed by atoms with van der Waals surface area (Å²) in [6.07, 6.45) is 0.762. The summed E-state index contributed by atoms with van der Waals surface area (Å²) in [6, 6.07) is 9.47. The lowest BCUT2D eigenvalue weighted by Gasteiger charge is -2.20. The molecule has 0 aliphatic carbocycles. The summed E-state index contributed by atoms with van der Waals surface area (Å²) in [6.45, 7) is 1.27. The van der Waals surface area contributed by atoms with Crippen molar-refractivity contribution in [2.45, 2.75) is 6.42 Å². The van der Waals surface area contributed by atoms with Crippen LogP contribution >= 0.6 is 0 Å². The Morgan fingerprint density at radius 3 is 2.62 bits per heavy atom. The molecule has 0 aliphatic heterocycles. The Kier molecular flexibility index (Phi) is 4.59.